The predicted molar refractivity (Wildman–Crippen MR) is 84.8 cm³/mol. The molecule has 5 nitrogen and oxygen atoms in total. The Morgan fingerprint density at radius 1 is 1.14 bits per heavy atom. The van der Waals surface area contributed by atoms with Gasteiger partial charge in [-0.2, -0.15) is 0 Å². The first-order chi connectivity index (χ1) is 10.3. The lowest BCUT2D eigenvalue weighted by Crippen LogP contribution is -2.35. The molecule has 1 N–H and O–H groups in total. The first-order valence-electron chi connectivity index (χ1n) is 7.37. The first kappa shape index (κ1) is 18.2. The summed E-state index contributed by atoms with van der Waals surface area (Å²) < 4.78 is 4.58. The van der Waals surface area contributed by atoms with E-state index in [0.717, 1.165) is 5.56 Å². The highest BCUT2D eigenvalue weighted by Gasteiger charge is 2.18. The van der Waals surface area contributed by atoms with Gasteiger partial charge in [-0.25, -0.2) is 0 Å². The highest BCUT2D eigenvalue weighted by Crippen LogP contribution is 2.22. The molecular weight excluding hydrogens is 282 g/mol. The zero-order chi connectivity index (χ0) is 16.8. The van der Waals surface area contributed by atoms with Crippen molar-refractivity contribution in [3.8, 4) is 0 Å². The van der Waals surface area contributed by atoms with Crippen LogP contribution >= 0.6 is 0 Å². The predicted octanol–water partition coefficient (Wildman–Crippen LogP) is 1.98. The molecule has 22 heavy (non-hydrogen) atoms. The summed E-state index contributed by atoms with van der Waals surface area (Å²) in [5.74, 6) is -0.572. The number of carbonyl (C=O) groups is 2. The Morgan fingerprint density at radius 3 is 2.18 bits per heavy atom. The number of aliphatic hydroxyl groups excluding tert-OH is 1. The Bertz CT molecular complexity index is 502. The molecule has 0 aromatic heterocycles. The van der Waals surface area contributed by atoms with Gasteiger partial charge in [-0.15, -0.1) is 0 Å². The summed E-state index contributed by atoms with van der Waals surface area (Å²) >= 11 is 0. The van der Waals surface area contributed by atoms with Gasteiger partial charge in [0.25, 0.3) is 5.91 Å². The number of methoxy groups -OCH3 is 1. The summed E-state index contributed by atoms with van der Waals surface area (Å²) in [6.45, 7) is 6.60. The van der Waals surface area contributed by atoms with E-state index in [0.29, 0.717) is 5.56 Å². The number of amides is 1. The number of hydrogen-bond acceptors (Lipinski definition) is 4. The van der Waals surface area contributed by atoms with E-state index in [4.69, 9.17) is 5.11 Å². The number of nitrogens with zero attached hydrogens (tertiary/aromatic N) is 1. The Kier molecular flexibility index (Phi) is 6.56. The number of benzene rings is 1. The van der Waals surface area contributed by atoms with Crippen molar-refractivity contribution in [2.75, 3.05) is 26.8 Å². The fraction of sp³-hybridized carbons (Fsp3) is 0.529. The molecule has 0 aliphatic heterocycles. The second kappa shape index (κ2) is 7.94. The number of rotatable bonds is 6. The van der Waals surface area contributed by atoms with Crippen LogP contribution in [0.5, 0.6) is 0 Å². The van der Waals surface area contributed by atoms with Gasteiger partial charge in [0.15, 0.2) is 0 Å². The van der Waals surface area contributed by atoms with Crippen LogP contribution in [0.3, 0.4) is 0 Å². The number of hydrogen-bond donors (Lipinski definition) is 1. The van der Waals surface area contributed by atoms with Crippen molar-refractivity contribution in [3.63, 3.8) is 0 Å². The van der Waals surface area contributed by atoms with Crippen molar-refractivity contribution >= 4 is 11.9 Å². The number of ether oxygens (including phenoxy) is 1. The highest BCUT2D eigenvalue weighted by atomic mass is 16.5. The van der Waals surface area contributed by atoms with Crippen LogP contribution in [0.15, 0.2) is 24.3 Å². The van der Waals surface area contributed by atoms with Crippen LogP contribution < -0.4 is 0 Å². The summed E-state index contributed by atoms with van der Waals surface area (Å²) in [5.41, 5.74) is 1.72. The van der Waals surface area contributed by atoms with Crippen LogP contribution in [-0.2, 0) is 14.9 Å². The fourth-order valence-corrected chi connectivity index (χ4v) is 2.06. The van der Waals surface area contributed by atoms with E-state index in [1.54, 1.807) is 12.1 Å². The van der Waals surface area contributed by atoms with Crippen LogP contribution in [0.25, 0.3) is 0 Å². The number of esters is 1. The minimum Gasteiger partial charge on any atom is -0.469 e. The molecule has 5 heteroatoms. The molecule has 0 unspecified atom stereocenters. The van der Waals surface area contributed by atoms with Gasteiger partial charge in [-0.1, -0.05) is 32.9 Å². The smallest absolute Gasteiger partial charge is 0.307 e. The maximum Gasteiger partial charge on any atom is 0.307 e. The molecule has 1 aromatic carbocycles. The second-order valence-electron chi connectivity index (χ2n) is 6.17. The molecule has 1 aromatic rings. The van der Waals surface area contributed by atoms with Gasteiger partial charge in [0.1, 0.15) is 0 Å². The Labute approximate surface area is 131 Å². The van der Waals surface area contributed by atoms with Crippen molar-refractivity contribution in [1.29, 1.82) is 0 Å². The van der Waals surface area contributed by atoms with Gasteiger partial charge in [-0.05, 0) is 23.1 Å². The maximum absolute atomic E-state index is 12.5. The summed E-state index contributed by atoms with van der Waals surface area (Å²) in [4.78, 5) is 25.1. The molecule has 0 bridgehead atoms. The molecule has 0 heterocycles. The summed E-state index contributed by atoms with van der Waals surface area (Å²) in [5, 5.41) is 9.10. The van der Waals surface area contributed by atoms with Gasteiger partial charge in [0, 0.05) is 18.7 Å². The van der Waals surface area contributed by atoms with Gasteiger partial charge >= 0.3 is 5.97 Å². The molecule has 0 aliphatic rings. The molecule has 0 radical (unpaired) electrons. The lowest BCUT2D eigenvalue weighted by Gasteiger charge is -2.22. The van der Waals surface area contributed by atoms with Crippen molar-refractivity contribution in [3.05, 3.63) is 35.4 Å². The Morgan fingerprint density at radius 2 is 1.73 bits per heavy atom. The SMILES string of the molecule is COC(=O)CCN(CCO)C(=O)c1ccc(C(C)(C)C)cc1. The van der Waals surface area contributed by atoms with E-state index >= 15 is 0 Å². The molecule has 1 amide bonds. The normalized spacial score (nSPS) is 11.1. The van der Waals surface area contributed by atoms with E-state index in [1.807, 2.05) is 12.1 Å². The minimum absolute atomic E-state index is 0.0250. The first-order valence-corrected chi connectivity index (χ1v) is 7.37. The topological polar surface area (TPSA) is 66.8 Å². The van der Waals surface area contributed by atoms with Crippen LogP contribution in [0.1, 0.15) is 43.1 Å². The van der Waals surface area contributed by atoms with Gasteiger partial charge in [0.2, 0.25) is 0 Å². The molecule has 0 saturated carbocycles. The average Bonchev–Trinajstić information content (AvgIpc) is 2.49. The Hall–Kier alpha value is -1.88. The van der Waals surface area contributed by atoms with Crippen LogP contribution in [0.4, 0.5) is 0 Å². The molecule has 0 aliphatic carbocycles. The van der Waals surface area contributed by atoms with E-state index in [9.17, 15) is 9.59 Å². The van der Waals surface area contributed by atoms with Gasteiger partial charge < -0.3 is 14.7 Å². The molecular formula is C17H25NO4. The zero-order valence-corrected chi connectivity index (χ0v) is 13.8. The van der Waals surface area contributed by atoms with Crippen molar-refractivity contribution < 1.29 is 19.4 Å². The van der Waals surface area contributed by atoms with E-state index in [1.165, 1.54) is 12.0 Å². The summed E-state index contributed by atoms with van der Waals surface area (Å²) in [6.07, 6.45) is 0.113. The second-order valence-corrected chi connectivity index (χ2v) is 6.17. The van der Waals surface area contributed by atoms with Crippen molar-refractivity contribution in [2.24, 2.45) is 0 Å². The molecule has 1 rings (SSSR count). The van der Waals surface area contributed by atoms with Gasteiger partial charge in [0.05, 0.1) is 20.1 Å². The fourth-order valence-electron chi connectivity index (χ4n) is 2.06. The zero-order valence-electron chi connectivity index (χ0n) is 13.8. The molecule has 0 saturated heterocycles. The van der Waals surface area contributed by atoms with Gasteiger partial charge in [-0.3, -0.25) is 9.59 Å². The van der Waals surface area contributed by atoms with Crippen LogP contribution in [0, 0.1) is 0 Å². The molecule has 0 atom stereocenters. The van der Waals surface area contributed by atoms with Crippen LogP contribution in [0.2, 0.25) is 0 Å². The monoisotopic (exact) mass is 307 g/mol. The lowest BCUT2D eigenvalue weighted by atomic mass is 9.86. The maximum atomic E-state index is 12.5. The standard InChI is InChI=1S/C17H25NO4/c1-17(2,3)14-7-5-13(6-8-14)16(21)18(11-12-19)10-9-15(20)22-4/h5-8,19H,9-12H2,1-4H3. The number of aliphatic hydroxyl groups is 1. The van der Waals surface area contributed by atoms with Crippen molar-refractivity contribution in [2.45, 2.75) is 32.6 Å². The molecule has 0 fully saturated rings. The molecule has 122 valence electrons. The third-order valence-corrected chi connectivity index (χ3v) is 3.47. The molecule has 0 spiro atoms. The third kappa shape index (κ3) is 5.15. The number of carbonyl (C=O) groups excluding carboxylic acids is 2. The van der Waals surface area contributed by atoms with E-state index < -0.39 is 0 Å². The minimum atomic E-state index is -0.376. The highest BCUT2D eigenvalue weighted by molar-refractivity contribution is 5.94. The summed E-state index contributed by atoms with van der Waals surface area (Å²) in [7, 11) is 1.31. The van der Waals surface area contributed by atoms with E-state index in [2.05, 4.69) is 25.5 Å². The van der Waals surface area contributed by atoms with Crippen molar-refractivity contribution in [1.82, 2.24) is 4.90 Å². The lowest BCUT2D eigenvalue weighted by molar-refractivity contribution is -0.140. The summed E-state index contributed by atoms with van der Waals surface area (Å²) in [6, 6.07) is 7.44. The average molecular weight is 307 g/mol. The largest absolute Gasteiger partial charge is 0.469 e. The van der Waals surface area contributed by atoms with Crippen LogP contribution in [-0.4, -0.2) is 48.7 Å². The third-order valence-electron chi connectivity index (χ3n) is 3.47. The van der Waals surface area contributed by atoms with E-state index in [-0.39, 0.29) is 43.4 Å². The quantitative estimate of drug-likeness (QED) is 0.816. The Balaban J connectivity index is 2.82.